The maximum Gasteiger partial charge on any atom is 0.311 e. The zero-order chi connectivity index (χ0) is 18.0. The molecule has 0 aliphatic carbocycles. The number of aromatic amines is 1. The molecule has 1 aromatic carbocycles. The number of aromatic nitrogens is 3. The standard InChI is InChI=1S/C16H18N6O3/c1-9(10(2)23)18-15-6-5-14(22(24)25)16(20-15)19-12-3-4-13-11(7-12)8-17-21-13/h3-10,23H,1-2H3,(H,17,21)(H2,18,19,20)/t9-,10?/m0/s1. The van der Waals surface area contributed by atoms with E-state index in [0.29, 0.717) is 11.5 Å². The third kappa shape index (κ3) is 3.66. The Hall–Kier alpha value is -3.20. The molecule has 0 spiro atoms. The first-order valence-corrected chi connectivity index (χ1v) is 7.74. The van der Waals surface area contributed by atoms with Gasteiger partial charge in [-0.2, -0.15) is 5.10 Å². The molecule has 25 heavy (non-hydrogen) atoms. The summed E-state index contributed by atoms with van der Waals surface area (Å²) in [4.78, 5) is 15.1. The number of benzene rings is 1. The van der Waals surface area contributed by atoms with Gasteiger partial charge in [-0.05, 0) is 38.1 Å². The predicted octanol–water partition coefficient (Wildman–Crippen LogP) is 2.79. The summed E-state index contributed by atoms with van der Waals surface area (Å²) < 4.78 is 0. The molecule has 0 amide bonds. The molecular formula is C16H18N6O3. The number of aliphatic hydroxyl groups is 1. The maximum atomic E-state index is 11.3. The fourth-order valence-electron chi connectivity index (χ4n) is 2.28. The van der Waals surface area contributed by atoms with E-state index >= 15 is 0 Å². The lowest BCUT2D eigenvalue weighted by Gasteiger charge is -2.17. The van der Waals surface area contributed by atoms with Gasteiger partial charge in [0.25, 0.3) is 0 Å². The second-order valence-corrected chi connectivity index (χ2v) is 5.79. The summed E-state index contributed by atoms with van der Waals surface area (Å²) in [6.45, 7) is 3.45. The molecule has 3 aromatic rings. The van der Waals surface area contributed by atoms with Gasteiger partial charge in [-0.15, -0.1) is 0 Å². The van der Waals surface area contributed by atoms with Gasteiger partial charge in [0.1, 0.15) is 5.82 Å². The molecule has 0 aliphatic heterocycles. The second-order valence-electron chi connectivity index (χ2n) is 5.79. The van der Waals surface area contributed by atoms with Crippen molar-refractivity contribution in [2.45, 2.75) is 26.0 Å². The fourth-order valence-corrected chi connectivity index (χ4v) is 2.28. The van der Waals surface area contributed by atoms with Gasteiger partial charge in [0.2, 0.25) is 5.82 Å². The van der Waals surface area contributed by atoms with Crippen molar-refractivity contribution >= 4 is 33.9 Å². The molecule has 0 fully saturated rings. The minimum atomic E-state index is -0.586. The quantitative estimate of drug-likeness (QED) is 0.400. The molecular weight excluding hydrogens is 324 g/mol. The first kappa shape index (κ1) is 16.7. The van der Waals surface area contributed by atoms with Crippen molar-refractivity contribution in [1.29, 1.82) is 0 Å². The number of hydrogen-bond acceptors (Lipinski definition) is 7. The fraction of sp³-hybridized carbons (Fsp3) is 0.250. The van der Waals surface area contributed by atoms with Crippen LogP contribution in [0.5, 0.6) is 0 Å². The van der Waals surface area contributed by atoms with Gasteiger partial charge in [0.15, 0.2) is 0 Å². The van der Waals surface area contributed by atoms with Gasteiger partial charge >= 0.3 is 5.69 Å². The lowest BCUT2D eigenvalue weighted by atomic mass is 10.2. The molecule has 0 radical (unpaired) electrons. The highest BCUT2D eigenvalue weighted by Crippen LogP contribution is 2.28. The van der Waals surface area contributed by atoms with Crippen molar-refractivity contribution in [3.63, 3.8) is 0 Å². The van der Waals surface area contributed by atoms with Crippen LogP contribution in [0, 0.1) is 10.1 Å². The van der Waals surface area contributed by atoms with E-state index in [0.717, 1.165) is 10.9 Å². The highest BCUT2D eigenvalue weighted by Gasteiger charge is 2.18. The lowest BCUT2D eigenvalue weighted by Crippen LogP contribution is -2.28. The Bertz CT molecular complexity index is 908. The van der Waals surface area contributed by atoms with E-state index in [-0.39, 0.29) is 17.5 Å². The van der Waals surface area contributed by atoms with E-state index < -0.39 is 11.0 Å². The Labute approximate surface area is 143 Å². The van der Waals surface area contributed by atoms with Crippen molar-refractivity contribution in [2.24, 2.45) is 0 Å². The highest BCUT2D eigenvalue weighted by atomic mass is 16.6. The minimum absolute atomic E-state index is 0.121. The van der Waals surface area contributed by atoms with Crippen LogP contribution < -0.4 is 10.6 Å². The molecule has 2 atom stereocenters. The van der Waals surface area contributed by atoms with Crippen LogP contribution in [-0.2, 0) is 0 Å². The molecule has 4 N–H and O–H groups in total. The maximum absolute atomic E-state index is 11.3. The molecule has 2 aromatic heterocycles. The van der Waals surface area contributed by atoms with Crippen LogP contribution in [0.25, 0.3) is 10.9 Å². The number of anilines is 3. The zero-order valence-electron chi connectivity index (χ0n) is 13.7. The topological polar surface area (TPSA) is 129 Å². The Morgan fingerprint density at radius 2 is 2.08 bits per heavy atom. The molecule has 2 heterocycles. The smallest absolute Gasteiger partial charge is 0.311 e. The monoisotopic (exact) mass is 342 g/mol. The summed E-state index contributed by atoms with van der Waals surface area (Å²) in [6.07, 6.45) is 1.09. The van der Waals surface area contributed by atoms with Crippen molar-refractivity contribution < 1.29 is 10.0 Å². The van der Waals surface area contributed by atoms with Crippen molar-refractivity contribution in [1.82, 2.24) is 15.2 Å². The van der Waals surface area contributed by atoms with Crippen LogP contribution in [0.1, 0.15) is 13.8 Å². The average Bonchev–Trinajstić information content (AvgIpc) is 3.02. The van der Waals surface area contributed by atoms with E-state index in [2.05, 4.69) is 25.8 Å². The van der Waals surface area contributed by atoms with E-state index in [1.54, 1.807) is 26.1 Å². The van der Waals surface area contributed by atoms with E-state index in [1.807, 2.05) is 12.1 Å². The highest BCUT2D eigenvalue weighted by molar-refractivity contribution is 5.83. The van der Waals surface area contributed by atoms with Crippen molar-refractivity contribution in [3.05, 3.63) is 46.6 Å². The Morgan fingerprint density at radius 3 is 2.80 bits per heavy atom. The Morgan fingerprint density at radius 1 is 1.28 bits per heavy atom. The normalized spacial score (nSPS) is 13.4. The summed E-state index contributed by atoms with van der Waals surface area (Å²) in [5.74, 6) is 0.557. The Balaban J connectivity index is 1.92. The summed E-state index contributed by atoms with van der Waals surface area (Å²) in [5, 5.41) is 34.5. The first-order chi connectivity index (χ1) is 11.9. The lowest BCUT2D eigenvalue weighted by molar-refractivity contribution is -0.384. The molecule has 9 nitrogen and oxygen atoms in total. The number of rotatable bonds is 6. The molecule has 3 rings (SSSR count). The number of H-pyrrole nitrogens is 1. The van der Waals surface area contributed by atoms with Gasteiger partial charge in [-0.25, -0.2) is 4.98 Å². The molecule has 1 unspecified atom stereocenters. The molecule has 9 heteroatoms. The molecule has 0 bridgehead atoms. The summed E-state index contributed by atoms with van der Waals surface area (Å²) >= 11 is 0. The van der Waals surface area contributed by atoms with Gasteiger partial charge in [-0.3, -0.25) is 15.2 Å². The molecule has 0 aliphatic rings. The molecule has 0 saturated carbocycles. The molecule has 0 saturated heterocycles. The van der Waals surface area contributed by atoms with Crippen LogP contribution in [0.3, 0.4) is 0 Å². The summed E-state index contributed by atoms with van der Waals surface area (Å²) in [5.41, 5.74) is 1.39. The van der Waals surface area contributed by atoms with Crippen LogP contribution in [0.4, 0.5) is 23.0 Å². The predicted molar refractivity (Wildman–Crippen MR) is 95.0 cm³/mol. The summed E-state index contributed by atoms with van der Waals surface area (Å²) in [6, 6.07) is 8.08. The number of fused-ring (bicyclic) bond motifs is 1. The Kier molecular flexibility index (Phi) is 4.48. The number of aliphatic hydroxyl groups excluding tert-OH is 1. The number of pyridine rings is 1. The first-order valence-electron chi connectivity index (χ1n) is 7.74. The third-order valence-corrected chi connectivity index (χ3v) is 3.87. The largest absolute Gasteiger partial charge is 0.391 e. The number of nitrogens with zero attached hydrogens (tertiary/aromatic N) is 3. The third-order valence-electron chi connectivity index (χ3n) is 3.87. The number of nitro groups is 1. The second kappa shape index (κ2) is 6.73. The van der Waals surface area contributed by atoms with Crippen LogP contribution in [0.15, 0.2) is 36.5 Å². The zero-order valence-corrected chi connectivity index (χ0v) is 13.7. The van der Waals surface area contributed by atoms with Gasteiger partial charge in [-0.1, -0.05) is 0 Å². The van der Waals surface area contributed by atoms with Crippen molar-refractivity contribution in [2.75, 3.05) is 10.6 Å². The number of hydrogen-bond donors (Lipinski definition) is 4. The average molecular weight is 342 g/mol. The van der Waals surface area contributed by atoms with E-state index in [1.165, 1.54) is 12.1 Å². The van der Waals surface area contributed by atoms with Crippen LogP contribution in [0.2, 0.25) is 0 Å². The van der Waals surface area contributed by atoms with Gasteiger partial charge in [0, 0.05) is 17.1 Å². The van der Waals surface area contributed by atoms with Crippen LogP contribution >= 0.6 is 0 Å². The van der Waals surface area contributed by atoms with E-state index in [9.17, 15) is 15.2 Å². The molecule has 130 valence electrons. The summed E-state index contributed by atoms with van der Waals surface area (Å²) in [7, 11) is 0. The van der Waals surface area contributed by atoms with Gasteiger partial charge in [0.05, 0.1) is 28.8 Å². The minimum Gasteiger partial charge on any atom is -0.391 e. The van der Waals surface area contributed by atoms with Gasteiger partial charge < -0.3 is 15.7 Å². The van der Waals surface area contributed by atoms with E-state index in [4.69, 9.17) is 0 Å². The number of nitrogens with one attached hydrogen (secondary N) is 3. The van der Waals surface area contributed by atoms with Crippen molar-refractivity contribution in [3.8, 4) is 0 Å². The van der Waals surface area contributed by atoms with Crippen LogP contribution in [-0.4, -0.2) is 37.4 Å². The SMILES string of the molecule is CC(O)[C@H](C)Nc1ccc([N+](=O)[O-])c(Nc2ccc3[nH]ncc3c2)n1.